The van der Waals surface area contributed by atoms with E-state index in [0.717, 1.165) is 4.90 Å². The number of hydrogen-bond acceptors (Lipinski definition) is 2. The fraction of sp³-hybridized carbons (Fsp3) is 0.750. The van der Waals surface area contributed by atoms with Crippen LogP contribution in [0, 0.1) is 5.92 Å². The first-order valence-corrected chi connectivity index (χ1v) is 5.20. The Hall–Kier alpha value is -0.480. The van der Waals surface area contributed by atoms with Gasteiger partial charge in [-0.3, -0.25) is 4.79 Å². The van der Waals surface area contributed by atoms with Crippen molar-refractivity contribution in [2.75, 3.05) is 13.1 Å². The van der Waals surface area contributed by atoms with Crippen molar-refractivity contribution >= 4 is 35.1 Å². The molecule has 0 radical (unpaired) electrons. The van der Waals surface area contributed by atoms with Crippen LogP contribution in [0.5, 0.6) is 0 Å². The van der Waals surface area contributed by atoms with Crippen molar-refractivity contribution in [3.8, 4) is 0 Å². The molecule has 0 atom stereocenters. The zero-order valence-corrected chi connectivity index (χ0v) is 9.55. The molecule has 1 rings (SSSR count). The third-order valence-corrected chi connectivity index (χ3v) is 2.24. The normalized spacial score (nSPS) is 17.9. The Balaban J connectivity index is 2.69. The van der Waals surface area contributed by atoms with Gasteiger partial charge in [0.2, 0.25) is 0 Å². The summed E-state index contributed by atoms with van der Waals surface area (Å²) in [7, 11) is 0. The van der Waals surface area contributed by atoms with Crippen molar-refractivity contribution in [3.63, 3.8) is 0 Å². The second-order valence-electron chi connectivity index (χ2n) is 3.60. The average molecular weight is 239 g/mol. The monoisotopic (exact) mass is 238 g/mol. The maximum absolute atomic E-state index is 11.6. The van der Waals surface area contributed by atoms with Gasteiger partial charge in [-0.25, -0.2) is 9.69 Å². The van der Waals surface area contributed by atoms with Crippen LogP contribution in [0.1, 0.15) is 13.8 Å². The molecule has 1 saturated heterocycles. The molecule has 3 amide bonds. The molecule has 0 unspecified atom stereocenters. The van der Waals surface area contributed by atoms with Gasteiger partial charge < -0.3 is 4.90 Å². The number of carbonyl (C=O) groups is 2. The van der Waals surface area contributed by atoms with Gasteiger partial charge in [0.15, 0.2) is 4.96 Å². The molecule has 0 N–H and O–H groups in total. The van der Waals surface area contributed by atoms with E-state index in [0.29, 0.717) is 12.5 Å². The highest BCUT2D eigenvalue weighted by Gasteiger charge is 2.39. The molecule has 0 aromatic heterocycles. The van der Waals surface area contributed by atoms with Gasteiger partial charge >= 0.3 is 6.03 Å². The molecule has 0 saturated carbocycles. The Bertz CT molecular complexity index is 256. The van der Waals surface area contributed by atoms with Crippen LogP contribution in [-0.2, 0) is 4.79 Å². The Morgan fingerprint density at radius 1 is 1.36 bits per heavy atom. The van der Waals surface area contributed by atoms with Gasteiger partial charge in [0.1, 0.15) is 6.54 Å². The van der Waals surface area contributed by atoms with E-state index in [4.69, 9.17) is 23.2 Å². The first kappa shape index (κ1) is 11.6. The molecular formula is C8H12Cl2N2O2. The molecule has 1 aliphatic heterocycles. The number of carbonyl (C=O) groups excluding carboxylic acids is 2. The van der Waals surface area contributed by atoms with Gasteiger partial charge in [-0.05, 0) is 5.92 Å². The van der Waals surface area contributed by atoms with Crippen LogP contribution in [0.2, 0.25) is 0 Å². The van der Waals surface area contributed by atoms with Crippen LogP contribution in [0.4, 0.5) is 4.79 Å². The van der Waals surface area contributed by atoms with Crippen molar-refractivity contribution < 1.29 is 9.59 Å². The molecule has 0 aliphatic carbocycles. The lowest BCUT2D eigenvalue weighted by Gasteiger charge is -2.18. The summed E-state index contributed by atoms with van der Waals surface area (Å²) in [4.78, 5) is 24.1. The number of alkyl halides is 2. The minimum absolute atomic E-state index is 0.0763. The fourth-order valence-corrected chi connectivity index (χ4v) is 1.73. The number of amides is 3. The predicted octanol–water partition coefficient (Wildman–Crippen LogP) is 1.67. The van der Waals surface area contributed by atoms with Gasteiger partial charge in [0.25, 0.3) is 5.91 Å². The lowest BCUT2D eigenvalue weighted by atomic mass is 10.2. The minimum Gasteiger partial charge on any atom is -0.315 e. The van der Waals surface area contributed by atoms with Crippen molar-refractivity contribution in [2.24, 2.45) is 5.92 Å². The van der Waals surface area contributed by atoms with Crippen LogP contribution >= 0.6 is 23.2 Å². The molecule has 0 spiro atoms. The molecule has 0 aromatic rings. The van der Waals surface area contributed by atoms with Crippen LogP contribution in [0.25, 0.3) is 0 Å². The van der Waals surface area contributed by atoms with E-state index >= 15 is 0 Å². The molecule has 1 aliphatic rings. The van der Waals surface area contributed by atoms with Crippen LogP contribution < -0.4 is 0 Å². The van der Waals surface area contributed by atoms with E-state index in [9.17, 15) is 9.59 Å². The molecule has 1 heterocycles. The Morgan fingerprint density at radius 3 is 2.29 bits per heavy atom. The zero-order valence-electron chi connectivity index (χ0n) is 8.04. The summed E-state index contributed by atoms with van der Waals surface area (Å²) < 4.78 is 0. The molecule has 4 nitrogen and oxygen atoms in total. The predicted molar refractivity (Wildman–Crippen MR) is 54.1 cm³/mol. The van der Waals surface area contributed by atoms with Crippen LogP contribution in [-0.4, -0.2) is 39.8 Å². The van der Waals surface area contributed by atoms with Gasteiger partial charge in [0.05, 0.1) is 0 Å². The van der Waals surface area contributed by atoms with E-state index in [1.165, 1.54) is 4.90 Å². The second-order valence-corrected chi connectivity index (χ2v) is 4.65. The first-order valence-electron chi connectivity index (χ1n) is 4.32. The maximum atomic E-state index is 11.6. The summed E-state index contributed by atoms with van der Waals surface area (Å²) in [6.07, 6.45) is 0. The molecule has 14 heavy (non-hydrogen) atoms. The van der Waals surface area contributed by atoms with E-state index in [-0.39, 0.29) is 12.5 Å². The van der Waals surface area contributed by atoms with E-state index in [2.05, 4.69) is 0 Å². The standard InChI is InChI=1S/C8H12Cl2N2O2/c1-5(2)3-11-4-6(13)12(7(9)10)8(11)14/h5,7H,3-4H2,1-2H3. The van der Waals surface area contributed by atoms with Crippen LogP contribution in [0.15, 0.2) is 0 Å². The third kappa shape index (κ3) is 2.30. The number of rotatable bonds is 3. The van der Waals surface area contributed by atoms with E-state index in [1.54, 1.807) is 0 Å². The minimum atomic E-state index is -1.09. The second kappa shape index (κ2) is 4.36. The fourth-order valence-electron chi connectivity index (χ4n) is 1.34. The SMILES string of the molecule is CC(C)CN1CC(=O)N(C(Cl)Cl)C1=O. The largest absolute Gasteiger partial charge is 0.329 e. The van der Waals surface area contributed by atoms with Gasteiger partial charge in [-0.1, -0.05) is 37.0 Å². The average Bonchev–Trinajstić information content (AvgIpc) is 2.25. The first-order chi connectivity index (χ1) is 6.43. The number of halogens is 2. The topological polar surface area (TPSA) is 40.6 Å². The summed E-state index contributed by atoms with van der Waals surface area (Å²) in [6, 6.07) is -0.404. The maximum Gasteiger partial charge on any atom is 0.329 e. The van der Waals surface area contributed by atoms with Crippen molar-refractivity contribution in [1.82, 2.24) is 9.80 Å². The molecular weight excluding hydrogens is 227 g/mol. The van der Waals surface area contributed by atoms with Gasteiger partial charge in [0, 0.05) is 6.54 Å². The van der Waals surface area contributed by atoms with Gasteiger partial charge in [-0.15, -0.1) is 0 Å². The summed E-state index contributed by atoms with van der Waals surface area (Å²) in [6.45, 7) is 4.56. The summed E-state index contributed by atoms with van der Waals surface area (Å²) in [5.41, 5.74) is 0. The molecule has 6 heteroatoms. The Kier molecular flexibility index (Phi) is 3.61. The quantitative estimate of drug-likeness (QED) is 0.427. The Labute approximate surface area is 92.7 Å². The lowest BCUT2D eigenvalue weighted by Crippen LogP contribution is -2.36. The summed E-state index contributed by atoms with van der Waals surface area (Å²) >= 11 is 11.0. The van der Waals surface area contributed by atoms with E-state index in [1.807, 2.05) is 13.8 Å². The zero-order chi connectivity index (χ0) is 10.9. The van der Waals surface area contributed by atoms with Crippen LogP contribution in [0.3, 0.4) is 0 Å². The van der Waals surface area contributed by atoms with Crippen molar-refractivity contribution in [3.05, 3.63) is 0 Å². The highest BCUT2D eigenvalue weighted by Crippen LogP contribution is 2.19. The highest BCUT2D eigenvalue weighted by atomic mass is 35.5. The molecule has 0 bridgehead atoms. The molecule has 1 fully saturated rings. The number of imide groups is 1. The number of urea groups is 1. The van der Waals surface area contributed by atoms with Gasteiger partial charge in [-0.2, -0.15) is 0 Å². The Morgan fingerprint density at radius 2 is 1.93 bits per heavy atom. The summed E-state index contributed by atoms with van der Waals surface area (Å²) in [5.74, 6) is -0.0264. The number of hydrogen-bond donors (Lipinski definition) is 0. The molecule has 80 valence electrons. The summed E-state index contributed by atoms with van der Waals surface area (Å²) in [5, 5.41) is 0. The third-order valence-electron chi connectivity index (χ3n) is 1.85. The van der Waals surface area contributed by atoms with Crippen molar-refractivity contribution in [2.45, 2.75) is 18.8 Å². The van der Waals surface area contributed by atoms with E-state index < -0.39 is 11.0 Å². The molecule has 0 aromatic carbocycles. The van der Waals surface area contributed by atoms with Crippen molar-refractivity contribution in [1.29, 1.82) is 0 Å². The number of nitrogens with zero attached hydrogens (tertiary/aromatic N) is 2. The highest BCUT2D eigenvalue weighted by molar-refractivity contribution is 6.45. The smallest absolute Gasteiger partial charge is 0.315 e. The lowest BCUT2D eigenvalue weighted by molar-refractivity contribution is -0.125.